The Bertz CT molecular complexity index is 880. The number of anilines is 2. The van der Waals surface area contributed by atoms with Gasteiger partial charge in [-0.05, 0) is 60.7 Å². The number of rotatable bonds is 2. The summed E-state index contributed by atoms with van der Waals surface area (Å²) in [6, 6.07) is 7.53. The first kappa shape index (κ1) is 16.1. The largest absolute Gasteiger partial charge is 0.322 e. The molecule has 4 rings (SSSR count). The lowest BCUT2D eigenvalue weighted by Crippen LogP contribution is -2.39. The first-order valence-corrected chi connectivity index (χ1v) is 8.63. The zero-order chi connectivity index (χ0) is 17.6. The molecule has 0 fully saturated rings. The molecule has 0 bridgehead atoms. The minimum absolute atomic E-state index is 0.0774. The lowest BCUT2D eigenvalue weighted by Gasteiger charge is -2.35. The maximum absolute atomic E-state index is 13.2. The van der Waals surface area contributed by atoms with Crippen molar-refractivity contribution in [2.45, 2.75) is 25.7 Å². The van der Waals surface area contributed by atoms with Gasteiger partial charge in [0.25, 0.3) is 5.91 Å². The second-order valence-corrected chi connectivity index (χ2v) is 6.78. The molecule has 2 amide bonds. The molecule has 2 heterocycles. The van der Waals surface area contributed by atoms with Gasteiger partial charge in [0.15, 0.2) is 0 Å². The minimum atomic E-state index is -0.482. The fourth-order valence-corrected chi connectivity index (χ4v) is 3.85. The van der Waals surface area contributed by atoms with Crippen molar-refractivity contribution < 1.29 is 14.0 Å². The van der Waals surface area contributed by atoms with Crippen LogP contribution in [0.4, 0.5) is 15.8 Å². The molecule has 2 aromatic rings. The van der Waals surface area contributed by atoms with Gasteiger partial charge in [0.2, 0.25) is 5.91 Å². The number of aryl methyl sites for hydroxylation is 2. The molecule has 2 aromatic carbocycles. The second kappa shape index (κ2) is 6.15. The molecule has 0 spiro atoms. The van der Waals surface area contributed by atoms with Crippen molar-refractivity contribution in [2.75, 3.05) is 16.8 Å². The zero-order valence-corrected chi connectivity index (χ0v) is 14.2. The Morgan fingerprint density at radius 3 is 2.64 bits per heavy atom. The Balaban J connectivity index is 1.66. The van der Waals surface area contributed by atoms with Crippen molar-refractivity contribution in [1.82, 2.24) is 0 Å². The number of hydrogen-bond donors (Lipinski definition) is 1. The van der Waals surface area contributed by atoms with E-state index in [9.17, 15) is 14.0 Å². The minimum Gasteiger partial charge on any atom is -0.322 e. The Kier molecular flexibility index (Phi) is 3.96. The average Bonchev–Trinajstić information content (AvgIpc) is 2.58. The fraction of sp³-hybridized carbons (Fsp3) is 0.263. The molecule has 0 atom stereocenters. The summed E-state index contributed by atoms with van der Waals surface area (Å²) >= 11 is 5.96. The van der Waals surface area contributed by atoms with Crippen LogP contribution < -0.4 is 10.2 Å². The number of carbonyl (C=O) groups is 2. The van der Waals surface area contributed by atoms with E-state index in [2.05, 4.69) is 5.32 Å². The monoisotopic (exact) mass is 358 g/mol. The van der Waals surface area contributed by atoms with Crippen LogP contribution in [0, 0.1) is 5.82 Å². The first-order chi connectivity index (χ1) is 12.0. The third kappa shape index (κ3) is 2.89. The summed E-state index contributed by atoms with van der Waals surface area (Å²) in [6.45, 7) is 0.760. The molecule has 1 N–H and O–H groups in total. The fourth-order valence-electron chi connectivity index (χ4n) is 3.60. The van der Waals surface area contributed by atoms with E-state index in [0.29, 0.717) is 18.5 Å². The molecule has 0 saturated carbocycles. The molecule has 0 aromatic heterocycles. The third-order valence-corrected chi connectivity index (χ3v) is 5.02. The Morgan fingerprint density at radius 2 is 1.88 bits per heavy atom. The number of amides is 2. The molecule has 2 aliphatic rings. The van der Waals surface area contributed by atoms with Gasteiger partial charge in [-0.2, -0.15) is 0 Å². The molecule has 0 unspecified atom stereocenters. The number of carbonyl (C=O) groups excluding carboxylic acids is 2. The first-order valence-electron chi connectivity index (χ1n) is 8.25. The Morgan fingerprint density at radius 1 is 1.12 bits per heavy atom. The maximum atomic E-state index is 13.2. The number of hydrogen-bond acceptors (Lipinski definition) is 2. The molecular formula is C19H16ClFN2O2. The van der Waals surface area contributed by atoms with Gasteiger partial charge < -0.3 is 10.2 Å². The molecule has 0 saturated heterocycles. The van der Waals surface area contributed by atoms with Gasteiger partial charge in [-0.1, -0.05) is 11.6 Å². The Hall–Kier alpha value is -2.40. The van der Waals surface area contributed by atoms with Crippen molar-refractivity contribution in [2.24, 2.45) is 0 Å². The van der Waals surface area contributed by atoms with Crippen molar-refractivity contribution in [3.05, 3.63) is 57.9 Å². The van der Waals surface area contributed by atoms with Gasteiger partial charge in [-0.3, -0.25) is 9.59 Å². The standard InChI is InChI=1S/C19H16ClFN2O2/c20-16-10-13(21)4-5-15(16)19(25)22-14-8-11-2-1-7-23-17(24)6-3-12(9-14)18(11)23/h4-5,8-10H,1-3,6-7H2,(H,22,25). The average molecular weight is 359 g/mol. The predicted octanol–water partition coefficient (Wildman–Crippen LogP) is 3.96. The van der Waals surface area contributed by atoms with Gasteiger partial charge in [0.1, 0.15) is 5.82 Å². The van der Waals surface area contributed by atoms with Crippen LogP contribution in [0.25, 0.3) is 0 Å². The van der Waals surface area contributed by atoms with Crippen molar-refractivity contribution in [3.63, 3.8) is 0 Å². The highest BCUT2D eigenvalue weighted by atomic mass is 35.5. The smallest absolute Gasteiger partial charge is 0.257 e. The lowest BCUT2D eigenvalue weighted by molar-refractivity contribution is -0.119. The van der Waals surface area contributed by atoms with E-state index < -0.39 is 5.82 Å². The van der Waals surface area contributed by atoms with Crippen molar-refractivity contribution in [1.29, 1.82) is 0 Å². The zero-order valence-electron chi connectivity index (χ0n) is 13.4. The van der Waals surface area contributed by atoms with E-state index in [4.69, 9.17) is 11.6 Å². The van der Waals surface area contributed by atoms with E-state index >= 15 is 0 Å². The summed E-state index contributed by atoms with van der Waals surface area (Å²) in [5, 5.41) is 2.92. The number of nitrogens with zero attached hydrogens (tertiary/aromatic N) is 1. The SMILES string of the molecule is O=C(Nc1cc2c3c(c1)CCC(=O)N3CCC2)c1ccc(F)cc1Cl. The van der Waals surface area contributed by atoms with Crippen LogP contribution >= 0.6 is 11.6 Å². The van der Waals surface area contributed by atoms with Crippen LogP contribution in [0.2, 0.25) is 5.02 Å². The molecule has 0 radical (unpaired) electrons. The highest BCUT2D eigenvalue weighted by Gasteiger charge is 2.29. The van der Waals surface area contributed by atoms with Gasteiger partial charge in [0, 0.05) is 18.7 Å². The van der Waals surface area contributed by atoms with Crippen LogP contribution in [0.5, 0.6) is 0 Å². The van der Waals surface area contributed by atoms with Gasteiger partial charge in [-0.25, -0.2) is 4.39 Å². The van der Waals surface area contributed by atoms with Crippen LogP contribution in [0.1, 0.15) is 34.3 Å². The van der Waals surface area contributed by atoms with E-state index in [-0.39, 0.29) is 22.4 Å². The third-order valence-electron chi connectivity index (χ3n) is 4.71. The quantitative estimate of drug-likeness (QED) is 0.883. The second-order valence-electron chi connectivity index (χ2n) is 6.37. The summed E-state index contributed by atoms with van der Waals surface area (Å²) < 4.78 is 13.2. The summed E-state index contributed by atoms with van der Waals surface area (Å²) in [7, 11) is 0. The Labute approximate surface area is 149 Å². The van der Waals surface area contributed by atoms with E-state index in [1.54, 1.807) is 0 Å². The summed E-state index contributed by atoms with van der Waals surface area (Å²) in [4.78, 5) is 26.4. The molecule has 2 aliphatic heterocycles. The van der Waals surface area contributed by atoms with Crippen molar-refractivity contribution >= 4 is 34.8 Å². The van der Waals surface area contributed by atoms with Crippen LogP contribution in [-0.4, -0.2) is 18.4 Å². The molecule has 6 heteroatoms. The normalized spacial score (nSPS) is 15.8. The number of benzene rings is 2. The van der Waals surface area contributed by atoms with E-state index in [1.807, 2.05) is 17.0 Å². The molecule has 0 aliphatic carbocycles. The summed E-state index contributed by atoms with van der Waals surface area (Å²) in [6.07, 6.45) is 2.97. The van der Waals surface area contributed by atoms with E-state index in [1.165, 1.54) is 12.1 Å². The molecule has 25 heavy (non-hydrogen) atoms. The molecular weight excluding hydrogens is 343 g/mol. The van der Waals surface area contributed by atoms with Crippen molar-refractivity contribution in [3.8, 4) is 0 Å². The highest BCUT2D eigenvalue weighted by Crippen LogP contribution is 2.38. The van der Waals surface area contributed by atoms with Crippen LogP contribution in [0.15, 0.2) is 30.3 Å². The highest BCUT2D eigenvalue weighted by molar-refractivity contribution is 6.34. The van der Waals surface area contributed by atoms with Gasteiger partial charge in [0.05, 0.1) is 16.3 Å². The van der Waals surface area contributed by atoms with E-state index in [0.717, 1.165) is 42.3 Å². The lowest BCUT2D eigenvalue weighted by atomic mass is 9.91. The predicted molar refractivity (Wildman–Crippen MR) is 94.8 cm³/mol. The summed E-state index contributed by atoms with van der Waals surface area (Å²) in [5.41, 5.74) is 4.08. The number of halogens is 2. The topological polar surface area (TPSA) is 49.4 Å². The number of nitrogens with one attached hydrogen (secondary N) is 1. The molecule has 128 valence electrons. The summed E-state index contributed by atoms with van der Waals surface area (Å²) in [5.74, 6) is -0.690. The van der Waals surface area contributed by atoms with Gasteiger partial charge in [-0.15, -0.1) is 0 Å². The molecule has 4 nitrogen and oxygen atoms in total. The van der Waals surface area contributed by atoms with Crippen LogP contribution in [0.3, 0.4) is 0 Å². The van der Waals surface area contributed by atoms with Crippen LogP contribution in [-0.2, 0) is 17.6 Å². The maximum Gasteiger partial charge on any atom is 0.257 e. The van der Waals surface area contributed by atoms with Gasteiger partial charge >= 0.3 is 0 Å².